The first-order valence-corrected chi connectivity index (χ1v) is 7.20. The predicted octanol–water partition coefficient (Wildman–Crippen LogP) is 4.02. The van der Waals surface area contributed by atoms with Gasteiger partial charge in [-0.2, -0.15) is 0 Å². The van der Waals surface area contributed by atoms with Crippen LogP contribution in [0.1, 0.15) is 25.8 Å². The van der Waals surface area contributed by atoms with Crippen LogP contribution in [0.5, 0.6) is 5.75 Å². The first kappa shape index (κ1) is 14.5. The minimum absolute atomic E-state index is 0.615. The summed E-state index contributed by atoms with van der Waals surface area (Å²) >= 11 is 3.43. The summed E-state index contributed by atoms with van der Waals surface area (Å²) in [4.78, 5) is 0. The molecule has 96 valence electrons. The van der Waals surface area contributed by atoms with Crippen LogP contribution >= 0.6 is 15.9 Å². The molecule has 3 heteroatoms. The second kappa shape index (κ2) is 8.54. The minimum atomic E-state index is 0.615. The fraction of sp³-hybridized carbons (Fsp3) is 0.571. The van der Waals surface area contributed by atoms with E-state index in [1.165, 1.54) is 5.56 Å². The monoisotopic (exact) mass is 300 g/mol. The van der Waals surface area contributed by atoms with E-state index in [9.17, 15) is 0 Å². The molecule has 1 aromatic carbocycles. The van der Waals surface area contributed by atoms with Crippen molar-refractivity contribution in [2.75, 3.05) is 19.8 Å². The fourth-order valence-corrected chi connectivity index (χ4v) is 1.71. The van der Waals surface area contributed by atoms with Crippen molar-refractivity contribution >= 4 is 15.9 Å². The second-order valence-corrected chi connectivity index (χ2v) is 4.99. The van der Waals surface area contributed by atoms with Crippen molar-refractivity contribution in [2.45, 2.75) is 25.6 Å². The van der Waals surface area contributed by atoms with Gasteiger partial charge < -0.3 is 9.47 Å². The van der Waals surface area contributed by atoms with E-state index in [0.29, 0.717) is 19.1 Å². The largest absolute Gasteiger partial charge is 0.491 e. The molecule has 0 aliphatic carbocycles. The van der Waals surface area contributed by atoms with E-state index in [2.05, 4.69) is 35.8 Å². The van der Waals surface area contributed by atoms with Crippen molar-refractivity contribution in [3.63, 3.8) is 0 Å². The van der Waals surface area contributed by atoms with E-state index in [-0.39, 0.29) is 0 Å². The third-order valence-corrected chi connectivity index (χ3v) is 3.04. The lowest BCUT2D eigenvalue weighted by Gasteiger charge is -2.09. The standard InChI is InChI=1S/C14H21BrO2/c1-12(2)6-7-16-8-9-17-14-5-3-4-13(10-14)11-15/h3-5,10,12H,6-9,11H2,1-2H3. The number of halogens is 1. The summed E-state index contributed by atoms with van der Waals surface area (Å²) in [5.74, 6) is 1.61. The summed E-state index contributed by atoms with van der Waals surface area (Å²) in [6.45, 7) is 6.49. The quantitative estimate of drug-likeness (QED) is 0.533. The number of benzene rings is 1. The van der Waals surface area contributed by atoms with Crippen LogP contribution < -0.4 is 4.74 Å². The maximum absolute atomic E-state index is 5.61. The van der Waals surface area contributed by atoms with Gasteiger partial charge >= 0.3 is 0 Å². The first-order valence-electron chi connectivity index (χ1n) is 6.08. The van der Waals surface area contributed by atoms with Crippen molar-refractivity contribution in [2.24, 2.45) is 5.92 Å². The highest BCUT2D eigenvalue weighted by Gasteiger charge is 1.97. The van der Waals surface area contributed by atoms with Gasteiger partial charge in [-0.25, -0.2) is 0 Å². The molecule has 0 fully saturated rings. The lowest BCUT2D eigenvalue weighted by molar-refractivity contribution is 0.0925. The molecule has 0 heterocycles. The van der Waals surface area contributed by atoms with E-state index in [0.717, 1.165) is 24.1 Å². The summed E-state index contributed by atoms with van der Waals surface area (Å²) < 4.78 is 11.1. The second-order valence-electron chi connectivity index (χ2n) is 4.42. The minimum Gasteiger partial charge on any atom is -0.491 e. The molecule has 0 N–H and O–H groups in total. The van der Waals surface area contributed by atoms with Crippen LogP contribution in [0.3, 0.4) is 0 Å². The van der Waals surface area contributed by atoms with Gasteiger partial charge in [0, 0.05) is 11.9 Å². The Morgan fingerprint density at radius 3 is 2.71 bits per heavy atom. The maximum atomic E-state index is 5.61. The lowest BCUT2D eigenvalue weighted by Crippen LogP contribution is -2.08. The molecule has 17 heavy (non-hydrogen) atoms. The smallest absolute Gasteiger partial charge is 0.119 e. The molecule has 0 saturated carbocycles. The SMILES string of the molecule is CC(C)CCOCCOc1cccc(CBr)c1. The van der Waals surface area contributed by atoms with E-state index >= 15 is 0 Å². The zero-order valence-corrected chi connectivity index (χ0v) is 12.2. The Bertz CT molecular complexity index is 313. The Hall–Kier alpha value is -0.540. The fourth-order valence-electron chi connectivity index (χ4n) is 1.36. The van der Waals surface area contributed by atoms with Crippen LogP contribution in [0.15, 0.2) is 24.3 Å². The molecule has 0 radical (unpaired) electrons. The van der Waals surface area contributed by atoms with Crippen molar-refractivity contribution in [1.29, 1.82) is 0 Å². The van der Waals surface area contributed by atoms with E-state index in [1.807, 2.05) is 18.2 Å². The number of alkyl halides is 1. The number of hydrogen-bond acceptors (Lipinski definition) is 2. The Morgan fingerprint density at radius 2 is 2.00 bits per heavy atom. The highest BCUT2D eigenvalue weighted by molar-refractivity contribution is 9.08. The van der Waals surface area contributed by atoms with Gasteiger partial charge in [0.15, 0.2) is 0 Å². The van der Waals surface area contributed by atoms with Crippen LogP contribution in [0.2, 0.25) is 0 Å². The molecule has 0 amide bonds. The average molecular weight is 301 g/mol. The lowest BCUT2D eigenvalue weighted by atomic mass is 10.1. The summed E-state index contributed by atoms with van der Waals surface area (Å²) in [6, 6.07) is 8.09. The average Bonchev–Trinajstić information content (AvgIpc) is 2.33. The van der Waals surface area contributed by atoms with Crippen molar-refractivity contribution in [3.8, 4) is 5.75 Å². The van der Waals surface area contributed by atoms with E-state index in [1.54, 1.807) is 0 Å². The van der Waals surface area contributed by atoms with Gasteiger partial charge in [-0.15, -0.1) is 0 Å². The van der Waals surface area contributed by atoms with Gasteiger partial charge in [0.1, 0.15) is 12.4 Å². The van der Waals surface area contributed by atoms with E-state index < -0.39 is 0 Å². The van der Waals surface area contributed by atoms with Gasteiger partial charge in [0.05, 0.1) is 6.61 Å². The summed E-state index contributed by atoms with van der Waals surface area (Å²) in [7, 11) is 0. The Balaban J connectivity index is 2.13. The molecule has 1 aromatic rings. The molecule has 0 spiro atoms. The Kier molecular flexibility index (Phi) is 7.29. The molecule has 1 rings (SSSR count). The van der Waals surface area contributed by atoms with Gasteiger partial charge in [0.2, 0.25) is 0 Å². The van der Waals surface area contributed by atoms with Crippen molar-refractivity contribution in [1.82, 2.24) is 0 Å². The van der Waals surface area contributed by atoms with Crippen LogP contribution in [0.25, 0.3) is 0 Å². The third-order valence-electron chi connectivity index (χ3n) is 2.39. The molecule has 2 nitrogen and oxygen atoms in total. The molecule has 0 aliphatic rings. The molecule has 0 bridgehead atoms. The summed E-state index contributed by atoms with van der Waals surface area (Å²) in [6.07, 6.45) is 1.11. The van der Waals surface area contributed by atoms with Crippen LogP contribution in [0, 0.1) is 5.92 Å². The molecule has 0 atom stereocenters. The Morgan fingerprint density at radius 1 is 1.18 bits per heavy atom. The van der Waals surface area contributed by atoms with Crippen molar-refractivity contribution in [3.05, 3.63) is 29.8 Å². The highest BCUT2D eigenvalue weighted by atomic mass is 79.9. The summed E-state index contributed by atoms with van der Waals surface area (Å²) in [5.41, 5.74) is 1.23. The normalized spacial score (nSPS) is 10.8. The van der Waals surface area contributed by atoms with Crippen molar-refractivity contribution < 1.29 is 9.47 Å². The van der Waals surface area contributed by atoms with Crippen LogP contribution in [-0.2, 0) is 10.1 Å². The van der Waals surface area contributed by atoms with Gasteiger partial charge in [-0.3, -0.25) is 0 Å². The third kappa shape index (κ3) is 6.69. The molecular formula is C14H21BrO2. The van der Waals surface area contributed by atoms with Crippen LogP contribution in [-0.4, -0.2) is 19.8 Å². The highest BCUT2D eigenvalue weighted by Crippen LogP contribution is 2.15. The summed E-state index contributed by atoms with van der Waals surface area (Å²) in [5, 5.41) is 0.856. The van der Waals surface area contributed by atoms with Gasteiger partial charge in [-0.05, 0) is 30.0 Å². The zero-order valence-electron chi connectivity index (χ0n) is 10.6. The topological polar surface area (TPSA) is 18.5 Å². The molecule has 0 aliphatic heterocycles. The van der Waals surface area contributed by atoms with Crippen LogP contribution in [0.4, 0.5) is 0 Å². The Labute approximate surface area is 112 Å². The van der Waals surface area contributed by atoms with E-state index in [4.69, 9.17) is 9.47 Å². The molecule has 0 unspecified atom stereocenters. The van der Waals surface area contributed by atoms with Gasteiger partial charge in [0.25, 0.3) is 0 Å². The molecule has 0 aromatic heterocycles. The molecule has 0 saturated heterocycles. The van der Waals surface area contributed by atoms with Gasteiger partial charge in [-0.1, -0.05) is 41.9 Å². The first-order chi connectivity index (χ1) is 8.22. The number of ether oxygens (including phenoxy) is 2. The molecular weight excluding hydrogens is 280 g/mol. The maximum Gasteiger partial charge on any atom is 0.119 e. The number of hydrogen-bond donors (Lipinski definition) is 0. The number of rotatable bonds is 8. The predicted molar refractivity (Wildman–Crippen MR) is 74.8 cm³/mol. The zero-order chi connectivity index (χ0) is 12.5.